The Kier molecular flexibility index (Phi) is 62.4. The molecule has 0 aliphatic carbocycles. The van der Waals surface area contributed by atoms with Gasteiger partial charge in [-0.1, -0.05) is 318 Å². The lowest BCUT2D eigenvalue weighted by Gasteiger charge is -2.21. The van der Waals surface area contributed by atoms with Crippen LogP contribution in [0.15, 0.2) is 0 Å². The molecule has 92 heavy (non-hydrogen) atoms. The van der Waals surface area contributed by atoms with Gasteiger partial charge in [0.1, 0.15) is 19.3 Å². The van der Waals surface area contributed by atoms with Gasteiger partial charge in [0.25, 0.3) is 0 Å². The van der Waals surface area contributed by atoms with Crippen LogP contribution in [0.3, 0.4) is 0 Å². The highest BCUT2D eigenvalue weighted by Crippen LogP contribution is 2.45. The minimum atomic E-state index is -4.95. The molecule has 5 atom stereocenters. The van der Waals surface area contributed by atoms with Gasteiger partial charge in [0, 0.05) is 25.7 Å². The summed E-state index contributed by atoms with van der Waals surface area (Å²) in [7, 11) is -9.91. The van der Waals surface area contributed by atoms with Gasteiger partial charge in [0.2, 0.25) is 0 Å². The van der Waals surface area contributed by atoms with Crippen molar-refractivity contribution >= 4 is 39.5 Å². The minimum Gasteiger partial charge on any atom is -0.462 e. The van der Waals surface area contributed by atoms with Crippen LogP contribution in [0, 0.1) is 17.8 Å². The number of phosphoric ester groups is 2. The molecule has 0 radical (unpaired) electrons. The van der Waals surface area contributed by atoms with Crippen LogP contribution in [0.5, 0.6) is 0 Å². The lowest BCUT2D eigenvalue weighted by atomic mass is 10.0. The molecule has 0 heterocycles. The molecule has 0 bridgehead atoms. The van der Waals surface area contributed by atoms with Crippen molar-refractivity contribution in [2.75, 3.05) is 39.6 Å². The van der Waals surface area contributed by atoms with Gasteiger partial charge in [-0.2, -0.15) is 0 Å². The summed E-state index contributed by atoms with van der Waals surface area (Å²) < 4.78 is 68.4. The molecule has 0 spiro atoms. The number of carbonyl (C=O) groups is 4. The van der Waals surface area contributed by atoms with E-state index >= 15 is 0 Å². The quantitative estimate of drug-likeness (QED) is 0.0222. The molecule has 0 saturated carbocycles. The van der Waals surface area contributed by atoms with Crippen molar-refractivity contribution in [1.82, 2.24) is 0 Å². The molecular weight excluding hydrogens is 1210 g/mol. The molecule has 0 amide bonds. The van der Waals surface area contributed by atoms with E-state index < -0.39 is 97.5 Å². The molecule has 0 rings (SSSR count). The normalized spacial score (nSPS) is 14.1. The van der Waals surface area contributed by atoms with Crippen LogP contribution in [0.1, 0.15) is 370 Å². The van der Waals surface area contributed by atoms with Crippen molar-refractivity contribution in [1.29, 1.82) is 0 Å². The SMILES string of the molecule is CCCCCCCCCCCCCCC(=O)O[C@H](COC(=O)CCCCCCCCCCC(C)C)COP(=O)(O)OC[C@H](O)COP(=O)(O)OC[C@@H](COC(=O)CCCCCCCCCCCC(C)C)OC(=O)CCCCCCCCCCCCCCCCC(C)C. The summed E-state index contributed by atoms with van der Waals surface area (Å²) in [5.74, 6) is 0.144. The smallest absolute Gasteiger partial charge is 0.462 e. The van der Waals surface area contributed by atoms with E-state index in [0.717, 1.165) is 108 Å². The van der Waals surface area contributed by atoms with Gasteiger partial charge in [0.05, 0.1) is 26.4 Å². The summed E-state index contributed by atoms with van der Waals surface area (Å²) in [6.07, 6.45) is 48.5. The van der Waals surface area contributed by atoms with Gasteiger partial charge in [-0.3, -0.25) is 37.3 Å². The number of phosphoric acid groups is 2. The summed E-state index contributed by atoms with van der Waals surface area (Å²) in [6, 6.07) is 0. The number of hydrogen-bond donors (Lipinski definition) is 3. The first kappa shape index (κ1) is 90.1. The fraction of sp³-hybridized carbons (Fsp3) is 0.945. The first-order chi connectivity index (χ1) is 44.2. The highest BCUT2D eigenvalue weighted by Gasteiger charge is 2.30. The van der Waals surface area contributed by atoms with Crippen LogP contribution in [0.25, 0.3) is 0 Å². The van der Waals surface area contributed by atoms with E-state index in [-0.39, 0.29) is 25.7 Å². The zero-order valence-electron chi connectivity index (χ0n) is 60.0. The largest absolute Gasteiger partial charge is 0.472 e. The highest BCUT2D eigenvalue weighted by molar-refractivity contribution is 7.47. The topological polar surface area (TPSA) is 237 Å². The van der Waals surface area contributed by atoms with Gasteiger partial charge in [-0.25, -0.2) is 9.13 Å². The fourth-order valence-electron chi connectivity index (χ4n) is 11.1. The molecule has 19 heteroatoms. The molecule has 0 aliphatic rings. The molecule has 546 valence electrons. The third-order valence-corrected chi connectivity index (χ3v) is 18.8. The number of unbranched alkanes of at least 4 members (excludes halogenated alkanes) is 39. The zero-order valence-corrected chi connectivity index (χ0v) is 61.8. The van der Waals surface area contributed by atoms with Crippen molar-refractivity contribution in [3.63, 3.8) is 0 Å². The monoisotopic (exact) mass is 1350 g/mol. The van der Waals surface area contributed by atoms with Gasteiger partial charge in [-0.15, -0.1) is 0 Å². The summed E-state index contributed by atoms with van der Waals surface area (Å²) in [5.41, 5.74) is 0. The van der Waals surface area contributed by atoms with Gasteiger partial charge in [-0.05, 0) is 43.4 Å². The zero-order chi connectivity index (χ0) is 68.0. The standard InChI is InChI=1S/C73H142O17P2/c1-8-9-10-11-12-13-14-20-25-35-42-49-56-72(77)90-69(61-84-71(76)55-48-41-34-29-28-32-39-46-53-66(6)7)63-88-92(81,82)86-59-67(74)58-85-91(79,80)87-62-68(60-83-70(75)54-47-40-33-27-22-24-31-38-45-52-65(4)5)89-73(78)57-50-43-36-26-21-18-16-15-17-19-23-30-37-44-51-64(2)3/h64-69,74H,8-63H2,1-7H3,(H,79,80)(H,81,82)/t67-,68-,69-/m1/s1. The second kappa shape index (κ2) is 63.8. The van der Waals surface area contributed by atoms with Crippen molar-refractivity contribution in [3.8, 4) is 0 Å². The van der Waals surface area contributed by atoms with Gasteiger partial charge >= 0.3 is 39.5 Å². The number of aliphatic hydroxyl groups is 1. The van der Waals surface area contributed by atoms with Crippen LogP contribution in [0.4, 0.5) is 0 Å². The predicted molar refractivity (Wildman–Crippen MR) is 372 cm³/mol. The maximum Gasteiger partial charge on any atom is 0.472 e. The first-order valence-corrected chi connectivity index (χ1v) is 40.8. The highest BCUT2D eigenvalue weighted by atomic mass is 31.2. The Morgan fingerprint density at radius 1 is 0.293 bits per heavy atom. The maximum absolute atomic E-state index is 13.1. The minimum absolute atomic E-state index is 0.106. The van der Waals surface area contributed by atoms with Crippen molar-refractivity contribution < 1.29 is 80.2 Å². The Morgan fingerprint density at radius 2 is 0.500 bits per heavy atom. The number of aliphatic hydroxyl groups excluding tert-OH is 1. The number of ether oxygens (including phenoxy) is 4. The number of esters is 4. The molecule has 2 unspecified atom stereocenters. The summed E-state index contributed by atoms with van der Waals surface area (Å²) in [4.78, 5) is 72.7. The molecule has 0 aromatic carbocycles. The third kappa shape index (κ3) is 66.7. The van der Waals surface area contributed by atoms with E-state index in [9.17, 15) is 43.2 Å². The Morgan fingerprint density at radius 3 is 0.739 bits per heavy atom. The molecule has 0 aromatic rings. The van der Waals surface area contributed by atoms with E-state index in [1.807, 2.05) is 0 Å². The van der Waals surface area contributed by atoms with Crippen LogP contribution in [-0.4, -0.2) is 96.7 Å². The summed E-state index contributed by atoms with van der Waals surface area (Å²) >= 11 is 0. The first-order valence-electron chi connectivity index (χ1n) is 37.8. The molecule has 0 fully saturated rings. The third-order valence-electron chi connectivity index (χ3n) is 16.9. The Bertz CT molecular complexity index is 1800. The lowest BCUT2D eigenvalue weighted by molar-refractivity contribution is -0.161. The number of rotatable bonds is 71. The average molecular weight is 1350 g/mol. The molecule has 0 saturated heterocycles. The van der Waals surface area contributed by atoms with E-state index in [2.05, 4.69) is 48.5 Å². The van der Waals surface area contributed by atoms with Crippen molar-refractivity contribution in [3.05, 3.63) is 0 Å². The lowest BCUT2D eigenvalue weighted by Crippen LogP contribution is -2.30. The molecule has 0 aromatic heterocycles. The van der Waals surface area contributed by atoms with Crippen LogP contribution in [-0.2, 0) is 65.4 Å². The molecular formula is C73H142O17P2. The predicted octanol–water partition coefficient (Wildman–Crippen LogP) is 21.0. The van der Waals surface area contributed by atoms with Crippen molar-refractivity contribution in [2.45, 2.75) is 388 Å². The van der Waals surface area contributed by atoms with Crippen LogP contribution >= 0.6 is 15.6 Å². The maximum atomic E-state index is 13.1. The van der Waals surface area contributed by atoms with E-state index in [0.29, 0.717) is 25.7 Å². The Labute approximate surface area is 562 Å². The van der Waals surface area contributed by atoms with Crippen molar-refractivity contribution in [2.24, 2.45) is 17.8 Å². The second-order valence-corrected chi connectivity index (χ2v) is 30.7. The summed E-state index contributed by atoms with van der Waals surface area (Å²) in [6.45, 7) is 11.8. The Balaban J connectivity index is 5.25. The second-order valence-electron chi connectivity index (χ2n) is 27.8. The Hall–Kier alpha value is -1.94. The number of carbonyl (C=O) groups excluding carboxylic acids is 4. The van der Waals surface area contributed by atoms with Gasteiger partial charge < -0.3 is 33.8 Å². The fourth-order valence-corrected chi connectivity index (χ4v) is 12.7. The van der Waals surface area contributed by atoms with Crippen LogP contribution < -0.4 is 0 Å². The van der Waals surface area contributed by atoms with E-state index in [4.69, 9.17) is 37.0 Å². The van der Waals surface area contributed by atoms with E-state index in [1.54, 1.807) is 0 Å². The van der Waals surface area contributed by atoms with Gasteiger partial charge in [0.15, 0.2) is 12.2 Å². The molecule has 17 nitrogen and oxygen atoms in total. The number of hydrogen-bond acceptors (Lipinski definition) is 15. The molecule has 0 aliphatic heterocycles. The van der Waals surface area contributed by atoms with Crippen LogP contribution in [0.2, 0.25) is 0 Å². The van der Waals surface area contributed by atoms with E-state index in [1.165, 1.54) is 180 Å². The summed E-state index contributed by atoms with van der Waals surface area (Å²) in [5, 5.41) is 10.6. The average Bonchev–Trinajstić information content (AvgIpc) is 1.84. The molecule has 3 N–H and O–H groups in total.